The lowest BCUT2D eigenvalue weighted by atomic mass is 10.1. The van der Waals surface area contributed by atoms with E-state index in [9.17, 15) is 4.79 Å². The number of alkyl halides is 1. The van der Waals surface area contributed by atoms with Crippen LogP contribution in [0.1, 0.15) is 19.8 Å². The Morgan fingerprint density at radius 2 is 2.22 bits per heavy atom. The highest BCUT2D eigenvalue weighted by atomic mass is 79.9. The molecular formula is C14H18BrNO2. The molecule has 0 aliphatic carbocycles. The molecule has 98 valence electrons. The molecule has 1 atom stereocenters. The summed E-state index contributed by atoms with van der Waals surface area (Å²) >= 11 is 3.51. The van der Waals surface area contributed by atoms with Crippen LogP contribution >= 0.6 is 15.9 Å². The molecule has 4 heteroatoms. The van der Waals surface area contributed by atoms with Crippen LogP contribution in [0.2, 0.25) is 0 Å². The van der Waals surface area contributed by atoms with Crippen LogP contribution in [-0.2, 0) is 4.79 Å². The second-order valence-electron chi connectivity index (χ2n) is 4.50. The summed E-state index contributed by atoms with van der Waals surface area (Å²) in [4.78, 5) is 14.0. The summed E-state index contributed by atoms with van der Waals surface area (Å²) in [6.07, 6.45) is 1.51. The molecule has 1 aromatic carbocycles. The third kappa shape index (κ3) is 2.86. The Morgan fingerprint density at radius 1 is 1.44 bits per heavy atom. The van der Waals surface area contributed by atoms with Crippen molar-refractivity contribution in [2.45, 2.75) is 19.8 Å². The molecule has 3 nitrogen and oxygen atoms in total. The van der Waals surface area contributed by atoms with Crippen molar-refractivity contribution in [3.05, 3.63) is 24.3 Å². The van der Waals surface area contributed by atoms with Crippen molar-refractivity contribution >= 4 is 27.5 Å². The highest BCUT2D eigenvalue weighted by molar-refractivity contribution is 9.09. The molecule has 1 aliphatic heterocycles. The molecule has 0 saturated heterocycles. The number of fused-ring (bicyclic) bond motifs is 1. The summed E-state index contributed by atoms with van der Waals surface area (Å²) in [7, 11) is 0. The summed E-state index contributed by atoms with van der Waals surface area (Å²) in [5.41, 5.74) is 0.902. The average Bonchev–Trinajstić information content (AvgIpc) is 2.55. The summed E-state index contributed by atoms with van der Waals surface area (Å²) in [5, 5.41) is 0.913. The minimum Gasteiger partial charge on any atom is -0.491 e. The predicted molar refractivity (Wildman–Crippen MR) is 76.5 cm³/mol. The van der Waals surface area contributed by atoms with Gasteiger partial charge in [-0.05, 0) is 18.1 Å². The number of hydrogen-bond donors (Lipinski definition) is 0. The molecule has 0 saturated carbocycles. The van der Waals surface area contributed by atoms with Crippen molar-refractivity contribution in [2.24, 2.45) is 5.92 Å². The number of rotatable bonds is 4. The number of benzene rings is 1. The van der Waals surface area contributed by atoms with Crippen molar-refractivity contribution in [1.29, 1.82) is 0 Å². The van der Waals surface area contributed by atoms with Gasteiger partial charge < -0.3 is 9.64 Å². The van der Waals surface area contributed by atoms with E-state index in [0.717, 1.165) is 29.7 Å². The van der Waals surface area contributed by atoms with Gasteiger partial charge in [0.1, 0.15) is 5.75 Å². The molecule has 0 bridgehead atoms. The number of carbonyl (C=O) groups is 1. The fourth-order valence-electron chi connectivity index (χ4n) is 2.07. The fourth-order valence-corrected chi connectivity index (χ4v) is 2.73. The number of amides is 1. The first-order valence-electron chi connectivity index (χ1n) is 6.34. The van der Waals surface area contributed by atoms with E-state index in [4.69, 9.17) is 4.74 Å². The van der Waals surface area contributed by atoms with Gasteiger partial charge >= 0.3 is 0 Å². The number of carbonyl (C=O) groups excluding carboxylic acids is 1. The number of ether oxygens (including phenoxy) is 1. The van der Waals surface area contributed by atoms with Gasteiger partial charge in [-0.1, -0.05) is 41.4 Å². The zero-order valence-corrected chi connectivity index (χ0v) is 12.1. The van der Waals surface area contributed by atoms with Crippen LogP contribution in [0.25, 0.3) is 0 Å². The van der Waals surface area contributed by atoms with E-state index >= 15 is 0 Å². The summed E-state index contributed by atoms with van der Waals surface area (Å²) < 4.78 is 5.62. The second-order valence-corrected chi connectivity index (χ2v) is 5.15. The SMILES string of the molecule is CCC(CBr)CN1C(=O)CCOc2ccccc21. The van der Waals surface area contributed by atoms with Crippen molar-refractivity contribution in [3.63, 3.8) is 0 Å². The van der Waals surface area contributed by atoms with Crippen LogP contribution in [-0.4, -0.2) is 24.4 Å². The average molecular weight is 312 g/mol. The monoisotopic (exact) mass is 311 g/mol. The molecule has 0 N–H and O–H groups in total. The van der Waals surface area contributed by atoms with E-state index in [2.05, 4.69) is 22.9 Å². The molecule has 1 amide bonds. The molecule has 1 unspecified atom stereocenters. The smallest absolute Gasteiger partial charge is 0.230 e. The Kier molecular flexibility index (Phi) is 4.64. The highest BCUT2D eigenvalue weighted by Gasteiger charge is 2.24. The molecule has 0 fully saturated rings. The van der Waals surface area contributed by atoms with Crippen LogP contribution in [0.15, 0.2) is 24.3 Å². The summed E-state index contributed by atoms with van der Waals surface area (Å²) in [5.74, 6) is 1.44. The first-order chi connectivity index (χ1) is 8.76. The van der Waals surface area contributed by atoms with Crippen LogP contribution in [0.4, 0.5) is 5.69 Å². The zero-order valence-electron chi connectivity index (χ0n) is 10.6. The largest absolute Gasteiger partial charge is 0.491 e. The lowest BCUT2D eigenvalue weighted by molar-refractivity contribution is -0.118. The summed E-state index contributed by atoms with van der Waals surface area (Å²) in [6.45, 7) is 3.37. The Bertz CT molecular complexity index is 418. The number of para-hydroxylation sites is 2. The maximum atomic E-state index is 12.2. The van der Waals surface area contributed by atoms with E-state index in [0.29, 0.717) is 18.9 Å². The minimum absolute atomic E-state index is 0.152. The van der Waals surface area contributed by atoms with E-state index in [1.807, 2.05) is 29.2 Å². The maximum Gasteiger partial charge on any atom is 0.230 e. The maximum absolute atomic E-state index is 12.2. The topological polar surface area (TPSA) is 29.5 Å². The summed E-state index contributed by atoms with van der Waals surface area (Å²) in [6, 6.07) is 7.77. The molecule has 2 rings (SSSR count). The van der Waals surface area contributed by atoms with Gasteiger partial charge in [-0.3, -0.25) is 4.79 Å². The third-order valence-electron chi connectivity index (χ3n) is 3.27. The van der Waals surface area contributed by atoms with Crippen molar-refractivity contribution in [2.75, 3.05) is 23.4 Å². The molecular weight excluding hydrogens is 294 g/mol. The quantitative estimate of drug-likeness (QED) is 0.799. The third-order valence-corrected chi connectivity index (χ3v) is 4.18. The number of hydrogen-bond acceptors (Lipinski definition) is 2. The van der Waals surface area contributed by atoms with Crippen LogP contribution < -0.4 is 9.64 Å². The van der Waals surface area contributed by atoms with Crippen LogP contribution in [0, 0.1) is 5.92 Å². The Morgan fingerprint density at radius 3 is 2.94 bits per heavy atom. The molecule has 0 aromatic heterocycles. The van der Waals surface area contributed by atoms with E-state index in [1.54, 1.807) is 0 Å². The second kappa shape index (κ2) is 6.23. The molecule has 1 heterocycles. The Hall–Kier alpha value is -1.03. The normalized spacial score (nSPS) is 16.8. The molecule has 1 aliphatic rings. The predicted octanol–water partition coefficient (Wildman–Crippen LogP) is 3.22. The lowest BCUT2D eigenvalue weighted by Crippen LogP contribution is -2.35. The van der Waals surface area contributed by atoms with E-state index in [1.165, 1.54) is 0 Å². The van der Waals surface area contributed by atoms with Crippen LogP contribution in [0.3, 0.4) is 0 Å². The first kappa shape index (κ1) is 13.4. The van der Waals surface area contributed by atoms with Gasteiger partial charge in [-0.2, -0.15) is 0 Å². The molecule has 1 aromatic rings. The number of nitrogens with zero attached hydrogens (tertiary/aromatic N) is 1. The van der Waals surface area contributed by atoms with E-state index < -0.39 is 0 Å². The fraction of sp³-hybridized carbons (Fsp3) is 0.500. The van der Waals surface area contributed by atoms with Gasteiger partial charge in [0.15, 0.2) is 0 Å². The Balaban J connectivity index is 2.28. The lowest BCUT2D eigenvalue weighted by Gasteiger charge is -2.25. The van der Waals surface area contributed by atoms with Gasteiger partial charge in [0.2, 0.25) is 5.91 Å². The molecule has 0 radical (unpaired) electrons. The highest BCUT2D eigenvalue weighted by Crippen LogP contribution is 2.31. The first-order valence-corrected chi connectivity index (χ1v) is 7.46. The Labute approximate surface area is 116 Å². The van der Waals surface area contributed by atoms with Gasteiger partial charge in [-0.25, -0.2) is 0 Å². The van der Waals surface area contributed by atoms with Crippen molar-refractivity contribution < 1.29 is 9.53 Å². The molecule has 0 spiro atoms. The van der Waals surface area contributed by atoms with E-state index in [-0.39, 0.29) is 5.91 Å². The molecule has 18 heavy (non-hydrogen) atoms. The van der Waals surface area contributed by atoms with Crippen molar-refractivity contribution in [3.8, 4) is 5.75 Å². The van der Waals surface area contributed by atoms with Crippen LogP contribution in [0.5, 0.6) is 5.75 Å². The number of halogens is 1. The van der Waals surface area contributed by atoms with Gasteiger partial charge in [0.05, 0.1) is 18.7 Å². The number of anilines is 1. The van der Waals surface area contributed by atoms with Gasteiger partial charge in [0, 0.05) is 11.9 Å². The standard InChI is InChI=1S/C14H18BrNO2/c1-2-11(9-15)10-16-12-5-3-4-6-13(12)18-8-7-14(16)17/h3-6,11H,2,7-10H2,1H3. The van der Waals surface area contributed by atoms with Crippen molar-refractivity contribution in [1.82, 2.24) is 0 Å². The van der Waals surface area contributed by atoms with Gasteiger partial charge in [0.25, 0.3) is 0 Å². The van der Waals surface area contributed by atoms with Gasteiger partial charge in [-0.15, -0.1) is 0 Å². The minimum atomic E-state index is 0.152. The zero-order chi connectivity index (χ0) is 13.0.